The molecule has 0 aromatic heterocycles. The summed E-state index contributed by atoms with van der Waals surface area (Å²) in [5.74, 6) is -0.595. The number of thiol groups is 1. The molecule has 0 spiro atoms. The van der Waals surface area contributed by atoms with Gasteiger partial charge in [0, 0.05) is 6.07 Å². The van der Waals surface area contributed by atoms with E-state index < -0.39 is 22.0 Å². The SMILES string of the molecule is COc1cccc(S(=O)(=O)NC(CCS)C(=O)O)c1. The first kappa shape index (κ1) is 15.8. The van der Waals surface area contributed by atoms with Crippen molar-refractivity contribution in [3.8, 4) is 5.75 Å². The molecule has 19 heavy (non-hydrogen) atoms. The number of carboxylic acid groups (broad SMARTS) is 1. The van der Waals surface area contributed by atoms with Crippen LogP contribution >= 0.6 is 12.6 Å². The summed E-state index contributed by atoms with van der Waals surface area (Å²) in [7, 11) is -2.49. The number of sulfonamides is 1. The smallest absolute Gasteiger partial charge is 0.321 e. The zero-order valence-electron chi connectivity index (χ0n) is 10.2. The van der Waals surface area contributed by atoms with E-state index in [0.29, 0.717) is 5.75 Å². The summed E-state index contributed by atoms with van der Waals surface area (Å²) < 4.78 is 31.1. The van der Waals surface area contributed by atoms with Crippen molar-refractivity contribution in [3.63, 3.8) is 0 Å². The average molecular weight is 305 g/mol. The molecule has 1 unspecified atom stereocenters. The fourth-order valence-corrected chi connectivity index (χ4v) is 2.90. The molecular weight excluding hydrogens is 290 g/mol. The number of aliphatic carboxylic acids is 1. The van der Waals surface area contributed by atoms with Gasteiger partial charge in [0.2, 0.25) is 10.0 Å². The van der Waals surface area contributed by atoms with Gasteiger partial charge in [0.05, 0.1) is 12.0 Å². The second-order valence-electron chi connectivity index (χ2n) is 3.70. The highest BCUT2D eigenvalue weighted by Gasteiger charge is 2.24. The Morgan fingerprint density at radius 2 is 2.21 bits per heavy atom. The maximum Gasteiger partial charge on any atom is 0.321 e. The van der Waals surface area contributed by atoms with Crippen LogP contribution in [0.2, 0.25) is 0 Å². The van der Waals surface area contributed by atoms with E-state index in [1.807, 2.05) is 0 Å². The Hall–Kier alpha value is -1.25. The lowest BCUT2D eigenvalue weighted by Crippen LogP contribution is -2.40. The number of carbonyl (C=O) groups is 1. The molecule has 0 amide bonds. The van der Waals surface area contributed by atoms with Gasteiger partial charge in [0.1, 0.15) is 11.8 Å². The fraction of sp³-hybridized carbons (Fsp3) is 0.364. The Labute approximate surface area is 117 Å². The number of rotatable bonds is 7. The number of carboxylic acids is 1. The third-order valence-electron chi connectivity index (χ3n) is 2.36. The monoisotopic (exact) mass is 305 g/mol. The minimum Gasteiger partial charge on any atom is -0.497 e. The number of hydrogen-bond donors (Lipinski definition) is 3. The van der Waals surface area contributed by atoms with Gasteiger partial charge in [-0.3, -0.25) is 4.79 Å². The zero-order chi connectivity index (χ0) is 14.5. The van der Waals surface area contributed by atoms with Crippen molar-refractivity contribution in [2.75, 3.05) is 12.9 Å². The molecule has 0 heterocycles. The van der Waals surface area contributed by atoms with E-state index in [9.17, 15) is 13.2 Å². The lowest BCUT2D eigenvalue weighted by Gasteiger charge is -2.14. The molecule has 1 rings (SSSR count). The summed E-state index contributed by atoms with van der Waals surface area (Å²) >= 11 is 3.90. The molecule has 0 saturated carbocycles. The van der Waals surface area contributed by atoms with E-state index in [4.69, 9.17) is 9.84 Å². The van der Waals surface area contributed by atoms with Crippen LogP contribution in [-0.4, -0.2) is 38.4 Å². The molecule has 1 atom stereocenters. The molecule has 1 aromatic carbocycles. The molecule has 0 fully saturated rings. The molecule has 6 nitrogen and oxygen atoms in total. The lowest BCUT2D eigenvalue weighted by molar-refractivity contribution is -0.139. The van der Waals surface area contributed by atoms with Crippen LogP contribution in [0.25, 0.3) is 0 Å². The summed E-state index contributed by atoms with van der Waals surface area (Å²) in [6, 6.07) is 4.60. The third kappa shape index (κ3) is 4.41. The highest BCUT2D eigenvalue weighted by atomic mass is 32.2. The minimum absolute atomic E-state index is 0.0442. The summed E-state index contributed by atoms with van der Waals surface area (Å²) in [4.78, 5) is 10.9. The molecule has 0 saturated heterocycles. The van der Waals surface area contributed by atoms with E-state index in [2.05, 4.69) is 17.4 Å². The van der Waals surface area contributed by atoms with Crippen LogP contribution in [0.5, 0.6) is 5.75 Å². The van der Waals surface area contributed by atoms with Crippen molar-refractivity contribution in [2.24, 2.45) is 0 Å². The number of benzene rings is 1. The summed E-state index contributed by atoms with van der Waals surface area (Å²) in [5, 5.41) is 8.93. The summed E-state index contributed by atoms with van der Waals surface area (Å²) in [6.45, 7) is 0. The Morgan fingerprint density at radius 1 is 1.53 bits per heavy atom. The minimum atomic E-state index is -3.90. The van der Waals surface area contributed by atoms with Crippen molar-refractivity contribution in [1.82, 2.24) is 4.72 Å². The standard InChI is InChI=1S/C11H15NO5S2/c1-17-8-3-2-4-9(7-8)19(15,16)12-10(5-6-18)11(13)14/h2-4,7,10,12,18H,5-6H2,1H3,(H,13,14). The van der Waals surface area contributed by atoms with E-state index in [-0.39, 0.29) is 17.1 Å². The van der Waals surface area contributed by atoms with Crippen LogP contribution in [-0.2, 0) is 14.8 Å². The van der Waals surface area contributed by atoms with Crippen molar-refractivity contribution >= 4 is 28.6 Å². The van der Waals surface area contributed by atoms with Crippen molar-refractivity contribution in [3.05, 3.63) is 24.3 Å². The second kappa shape index (κ2) is 6.78. The second-order valence-corrected chi connectivity index (χ2v) is 5.86. The number of ether oxygens (including phenoxy) is 1. The average Bonchev–Trinajstić information content (AvgIpc) is 2.38. The molecule has 1 aromatic rings. The quantitative estimate of drug-likeness (QED) is 0.646. The van der Waals surface area contributed by atoms with Gasteiger partial charge in [0.25, 0.3) is 0 Å². The Balaban J connectivity index is 2.99. The van der Waals surface area contributed by atoms with E-state index in [1.54, 1.807) is 6.07 Å². The predicted molar refractivity (Wildman–Crippen MR) is 73.2 cm³/mol. The Kier molecular flexibility index (Phi) is 5.64. The molecule has 0 aliphatic rings. The van der Waals surface area contributed by atoms with Gasteiger partial charge in [0.15, 0.2) is 0 Å². The summed E-state index contributed by atoms with van der Waals surface area (Å²) in [6.07, 6.45) is 0.0989. The first-order valence-corrected chi connectivity index (χ1v) is 7.52. The molecule has 2 N–H and O–H groups in total. The first-order valence-electron chi connectivity index (χ1n) is 5.40. The Bertz CT molecular complexity index is 544. The van der Waals surface area contributed by atoms with Crippen molar-refractivity contribution < 1.29 is 23.1 Å². The van der Waals surface area contributed by atoms with Crippen LogP contribution in [0.1, 0.15) is 6.42 Å². The number of hydrogen-bond acceptors (Lipinski definition) is 5. The summed E-state index contributed by atoms with van der Waals surface area (Å²) in [5.41, 5.74) is 0. The van der Waals surface area contributed by atoms with Gasteiger partial charge < -0.3 is 9.84 Å². The van der Waals surface area contributed by atoms with Crippen LogP contribution in [0.4, 0.5) is 0 Å². The number of nitrogens with one attached hydrogen (secondary N) is 1. The molecule has 8 heteroatoms. The highest BCUT2D eigenvalue weighted by Crippen LogP contribution is 2.17. The van der Waals surface area contributed by atoms with Gasteiger partial charge in [-0.2, -0.15) is 17.4 Å². The van der Waals surface area contributed by atoms with Crippen LogP contribution in [0, 0.1) is 0 Å². The zero-order valence-corrected chi connectivity index (χ0v) is 11.9. The van der Waals surface area contributed by atoms with Crippen molar-refractivity contribution in [1.29, 1.82) is 0 Å². The topological polar surface area (TPSA) is 92.7 Å². The van der Waals surface area contributed by atoms with Crippen LogP contribution < -0.4 is 9.46 Å². The predicted octanol–water partition coefficient (Wildman–Crippen LogP) is 0.747. The normalized spacial score (nSPS) is 12.9. The van der Waals surface area contributed by atoms with Gasteiger partial charge in [-0.15, -0.1) is 0 Å². The van der Waals surface area contributed by atoms with E-state index in [1.165, 1.54) is 25.3 Å². The van der Waals surface area contributed by atoms with Gasteiger partial charge in [-0.25, -0.2) is 8.42 Å². The lowest BCUT2D eigenvalue weighted by atomic mass is 10.2. The molecule has 0 aliphatic heterocycles. The molecule has 0 bridgehead atoms. The third-order valence-corrected chi connectivity index (χ3v) is 4.09. The van der Waals surface area contributed by atoms with Gasteiger partial charge in [-0.05, 0) is 24.3 Å². The maximum absolute atomic E-state index is 12.0. The van der Waals surface area contributed by atoms with E-state index in [0.717, 1.165) is 0 Å². The largest absolute Gasteiger partial charge is 0.497 e. The molecular formula is C11H15NO5S2. The molecule has 106 valence electrons. The molecule has 0 radical (unpaired) electrons. The Morgan fingerprint density at radius 3 is 2.74 bits per heavy atom. The molecule has 0 aliphatic carbocycles. The van der Waals surface area contributed by atoms with Crippen molar-refractivity contribution in [2.45, 2.75) is 17.4 Å². The van der Waals surface area contributed by atoms with E-state index >= 15 is 0 Å². The van der Waals surface area contributed by atoms with Crippen LogP contribution in [0.15, 0.2) is 29.2 Å². The van der Waals surface area contributed by atoms with Crippen LogP contribution in [0.3, 0.4) is 0 Å². The number of methoxy groups -OCH3 is 1. The highest BCUT2D eigenvalue weighted by molar-refractivity contribution is 7.89. The first-order chi connectivity index (χ1) is 8.90. The van der Waals surface area contributed by atoms with Gasteiger partial charge >= 0.3 is 5.97 Å². The van der Waals surface area contributed by atoms with Gasteiger partial charge in [-0.1, -0.05) is 6.07 Å². The maximum atomic E-state index is 12.0. The fourth-order valence-electron chi connectivity index (χ4n) is 1.39.